The first-order valence-corrected chi connectivity index (χ1v) is 8.22. The average molecular weight is 337 g/mol. The number of fused-ring (bicyclic) bond motifs is 1. The molecule has 1 fully saturated rings. The van der Waals surface area contributed by atoms with Gasteiger partial charge < -0.3 is 15.0 Å². The zero-order chi connectivity index (χ0) is 16.6. The van der Waals surface area contributed by atoms with Crippen LogP contribution in [0.5, 0.6) is 0 Å². The van der Waals surface area contributed by atoms with Gasteiger partial charge in [0, 0.05) is 13.1 Å². The number of carbonyl (C=O) groups is 1. The van der Waals surface area contributed by atoms with Crippen LogP contribution in [0.25, 0.3) is 11.0 Å². The lowest BCUT2D eigenvalue weighted by Crippen LogP contribution is -2.40. The van der Waals surface area contributed by atoms with Crippen molar-refractivity contribution in [3.63, 3.8) is 0 Å². The van der Waals surface area contributed by atoms with Crippen LogP contribution in [0.15, 0.2) is 12.4 Å². The van der Waals surface area contributed by atoms with E-state index in [2.05, 4.69) is 15.0 Å². The molecule has 0 bridgehead atoms. The summed E-state index contributed by atoms with van der Waals surface area (Å²) in [5, 5.41) is 10.9. The smallest absolute Gasteiger partial charge is 0.270 e. The SMILES string of the molecule is CC(C)(O)CC1CCN(C(=O)c2cc3c(Cl)ncnc3[nH]2)CC1. The number of piperidine rings is 1. The van der Waals surface area contributed by atoms with E-state index in [0.717, 1.165) is 19.3 Å². The second-order valence-electron chi connectivity index (χ2n) is 6.86. The molecule has 2 aromatic rings. The molecule has 2 aromatic heterocycles. The lowest BCUT2D eigenvalue weighted by Gasteiger charge is -2.34. The highest BCUT2D eigenvalue weighted by Crippen LogP contribution is 2.27. The van der Waals surface area contributed by atoms with Crippen molar-refractivity contribution in [1.29, 1.82) is 0 Å². The van der Waals surface area contributed by atoms with Crippen LogP contribution in [-0.2, 0) is 0 Å². The zero-order valence-electron chi connectivity index (χ0n) is 13.3. The summed E-state index contributed by atoms with van der Waals surface area (Å²) in [4.78, 5) is 25.5. The standard InChI is InChI=1S/C16H21ClN4O2/c1-16(2,23)8-10-3-5-21(6-4-10)15(22)12-7-11-13(17)18-9-19-14(11)20-12/h7,9-10,23H,3-6,8H2,1-2H3,(H,18,19,20). The highest BCUT2D eigenvalue weighted by Gasteiger charge is 2.28. The van der Waals surface area contributed by atoms with Gasteiger partial charge in [0.1, 0.15) is 22.8 Å². The summed E-state index contributed by atoms with van der Waals surface area (Å²) in [5.41, 5.74) is 0.414. The van der Waals surface area contributed by atoms with Gasteiger partial charge in [0.2, 0.25) is 0 Å². The largest absolute Gasteiger partial charge is 0.390 e. The number of hydrogen-bond acceptors (Lipinski definition) is 4. The Morgan fingerprint density at radius 2 is 2.13 bits per heavy atom. The first-order chi connectivity index (χ1) is 10.8. The van der Waals surface area contributed by atoms with Gasteiger partial charge in [-0.1, -0.05) is 11.6 Å². The summed E-state index contributed by atoms with van der Waals surface area (Å²) in [7, 11) is 0. The maximum Gasteiger partial charge on any atom is 0.270 e. The summed E-state index contributed by atoms with van der Waals surface area (Å²) in [6.07, 6.45) is 3.97. The number of halogens is 1. The monoisotopic (exact) mass is 336 g/mol. The van der Waals surface area contributed by atoms with E-state index in [9.17, 15) is 9.90 Å². The Bertz CT molecular complexity index is 714. The van der Waals surface area contributed by atoms with Gasteiger partial charge in [0.25, 0.3) is 5.91 Å². The highest BCUT2D eigenvalue weighted by atomic mass is 35.5. The van der Waals surface area contributed by atoms with Crippen molar-refractivity contribution in [3.8, 4) is 0 Å². The van der Waals surface area contributed by atoms with E-state index in [4.69, 9.17) is 11.6 Å². The van der Waals surface area contributed by atoms with E-state index in [0.29, 0.717) is 40.9 Å². The summed E-state index contributed by atoms with van der Waals surface area (Å²) < 4.78 is 0. The normalized spacial score (nSPS) is 17.0. The van der Waals surface area contributed by atoms with Crippen molar-refractivity contribution in [3.05, 3.63) is 23.2 Å². The molecule has 1 aliphatic rings. The van der Waals surface area contributed by atoms with Gasteiger partial charge in [-0.05, 0) is 45.1 Å². The Labute approximate surface area is 139 Å². The van der Waals surface area contributed by atoms with E-state index in [1.807, 2.05) is 18.7 Å². The first kappa shape index (κ1) is 16.2. The number of carbonyl (C=O) groups excluding carboxylic acids is 1. The van der Waals surface area contributed by atoms with Crippen LogP contribution < -0.4 is 0 Å². The number of aromatic amines is 1. The Morgan fingerprint density at radius 1 is 1.43 bits per heavy atom. The van der Waals surface area contributed by atoms with Gasteiger partial charge in [0.15, 0.2) is 0 Å². The number of likely N-dealkylation sites (tertiary alicyclic amines) is 1. The van der Waals surface area contributed by atoms with Gasteiger partial charge in [-0.2, -0.15) is 0 Å². The van der Waals surface area contributed by atoms with E-state index in [-0.39, 0.29) is 5.91 Å². The maximum atomic E-state index is 12.6. The summed E-state index contributed by atoms with van der Waals surface area (Å²) >= 11 is 6.02. The minimum Gasteiger partial charge on any atom is -0.390 e. The number of aromatic nitrogens is 3. The van der Waals surface area contributed by atoms with Crippen LogP contribution >= 0.6 is 11.6 Å². The molecule has 0 unspecified atom stereocenters. The molecule has 0 radical (unpaired) electrons. The fourth-order valence-corrected chi connectivity index (χ4v) is 3.43. The van der Waals surface area contributed by atoms with Gasteiger partial charge >= 0.3 is 0 Å². The molecule has 2 N–H and O–H groups in total. The second kappa shape index (κ2) is 6.09. The molecule has 23 heavy (non-hydrogen) atoms. The lowest BCUT2D eigenvalue weighted by atomic mass is 9.86. The van der Waals surface area contributed by atoms with E-state index in [1.165, 1.54) is 6.33 Å². The quantitative estimate of drug-likeness (QED) is 0.844. The molecule has 0 aliphatic carbocycles. The summed E-state index contributed by atoms with van der Waals surface area (Å²) in [6, 6.07) is 1.71. The first-order valence-electron chi connectivity index (χ1n) is 7.84. The van der Waals surface area contributed by atoms with Crippen LogP contribution in [0.4, 0.5) is 0 Å². The molecule has 1 amide bonds. The third-order valence-electron chi connectivity index (χ3n) is 4.30. The zero-order valence-corrected chi connectivity index (χ0v) is 14.1. The lowest BCUT2D eigenvalue weighted by molar-refractivity contribution is 0.0357. The van der Waals surface area contributed by atoms with E-state index < -0.39 is 5.60 Å². The molecule has 7 heteroatoms. The van der Waals surface area contributed by atoms with Gasteiger partial charge in [0.05, 0.1) is 11.0 Å². The van der Waals surface area contributed by atoms with Crippen molar-refractivity contribution in [2.45, 2.75) is 38.7 Å². The second-order valence-corrected chi connectivity index (χ2v) is 7.22. The molecule has 0 saturated carbocycles. The molecule has 3 heterocycles. The number of amides is 1. The number of nitrogens with zero attached hydrogens (tertiary/aromatic N) is 3. The molecule has 124 valence electrons. The van der Waals surface area contributed by atoms with Crippen molar-refractivity contribution in [1.82, 2.24) is 19.9 Å². The molecular formula is C16H21ClN4O2. The Hall–Kier alpha value is -1.66. The predicted molar refractivity (Wildman–Crippen MR) is 88.4 cm³/mol. The summed E-state index contributed by atoms with van der Waals surface area (Å²) in [5.74, 6) is 0.419. The fourth-order valence-electron chi connectivity index (χ4n) is 3.24. The third kappa shape index (κ3) is 3.64. The third-order valence-corrected chi connectivity index (χ3v) is 4.60. The summed E-state index contributed by atoms with van der Waals surface area (Å²) in [6.45, 7) is 5.07. The average Bonchev–Trinajstić information content (AvgIpc) is 2.91. The molecule has 1 saturated heterocycles. The van der Waals surface area contributed by atoms with Crippen LogP contribution in [0.3, 0.4) is 0 Å². The number of rotatable bonds is 3. The Balaban J connectivity index is 1.68. The van der Waals surface area contributed by atoms with Crippen molar-refractivity contribution in [2.24, 2.45) is 5.92 Å². The number of nitrogens with one attached hydrogen (secondary N) is 1. The molecule has 6 nitrogen and oxygen atoms in total. The Morgan fingerprint density at radius 3 is 2.74 bits per heavy atom. The van der Waals surface area contributed by atoms with E-state index in [1.54, 1.807) is 6.07 Å². The molecule has 0 spiro atoms. The molecule has 0 aromatic carbocycles. The Kier molecular flexibility index (Phi) is 4.29. The van der Waals surface area contributed by atoms with Crippen LogP contribution in [-0.4, -0.2) is 49.6 Å². The van der Waals surface area contributed by atoms with Crippen molar-refractivity contribution < 1.29 is 9.90 Å². The molecule has 1 aliphatic heterocycles. The van der Waals surface area contributed by atoms with Crippen LogP contribution in [0.2, 0.25) is 5.15 Å². The minimum atomic E-state index is -0.649. The molecule has 3 rings (SSSR count). The van der Waals surface area contributed by atoms with Crippen LogP contribution in [0, 0.1) is 5.92 Å². The van der Waals surface area contributed by atoms with Crippen molar-refractivity contribution >= 4 is 28.5 Å². The minimum absolute atomic E-state index is 0.0409. The van der Waals surface area contributed by atoms with Gasteiger partial charge in [-0.3, -0.25) is 4.79 Å². The topological polar surface area (TPSA) is 82.1 Å². The number of hydrogen-bond donors (Lipinski definition) is 2. The highest BCUT2D eigenvalue weighted by molar-refractivity contribution is 6.34. The van der Waals surface area contributed by atoms with Gasteiger partial charge in [-0.15, -0.1) is 0 Å². The van der Waals surface area contributed by atoms with Gasteiger partial charge in [-0.25, -0.2) is 9.97 Å². The maximum absolute atomic E-state index is 12.6. The fraction of sp³-hybridized carbons (Fsp3) is 0.562. The number of aliphatic hydroxyl groups is 1. The molecular weight excluding hydrogens is 316 g/mol. The van der Waals surface area contributed by atoms with Crippen molar-refractivity contribution in [2.75, 3.05) is 13.1 Å². The predicted octanol–water partition coefficient (Wildman–Crippen LogP) is 2.62. The van der Waals surface area contributed by atoms with E-state index >= 15 is 0 Å². The molecule has 0 atom stereocenters. The van der Waals surface area contributed by atoms with Crippen LogP contribution in [0.1, 0.15) is 43.6 Å². The number of H-pyrrole nitrogens is 1.